The zero-order valence-corrected chi connectivity index (χ0v) is 7.57. The third kappa shape index (κ3) is 1.62. The van der Waals surface area contributed by atoms with Gasteiger partial charge in [0.25, 0.3) is 0 Å². The molecule has 0 N–H and O–H groups in total. The normalized spacial score (nSPS) is 30.4. The summed E-state index contributed by atoms with van der Waals surface area (Å²) in [5.74, 6) is 0.882. The van der Waals surface area contributed by atoms with Gasteiger partial charge in [-0.1, -0.05) is 32.4 Å². The maximum Gasteiger partial charge on any atom is -0.0174 e. The van der Waals surface area contributed by atoms with Crippen LogP contribution in [0.25, 0.3) is 0 Å². The maximum atomic E-state index is 2.44. The zero-order chi connectivity index (χ0) is 7.78. The van der Waals surface area contributed by atoms with Crippen molar-refractivity contribution in [1.82, 2.24) is 0 Å². The molecule has 0 heterocycles. The van der Waals surface area contributed by atoms with E-state index in [9.17, 15) is 0 Å². The van der Waals surface area contributed by atoms with Crippen LogP contribution in [0, 0.1) is 11.3 Å². The summed E-state index contributed by atoms with van der Waals surface area (Å²) >= 11 is 0. The maximum absolute atomic E-state index is 2.44. The number of rotatable bonds is 2. The lowest BCUT2D eigenvalue weighted by Gasteiger charge is -1.98. The summed E-state index contributed by atoms with van der Waals surface area (Å²) in [6.07, 6.45) is 5.05. The molecular formula is C10H18. The van der Waals surface area contributed by atoms with Crippen molar-refractivity contribution in [2.45, 2.75) is 40.5 Å². The van der Waals surface area contributed by atoms with Crippen molar-refractivity contribution in [2.24, 2.45) is 11.3 Å². The molecule has 1 aliphatic carbocycles. The van der Waals surface area contributed by atoms with Crippen LogP contribution >= 0.6 is 0 Å². The van der Waals surface area contributed by atoms with E-state index in [4.69, 9.17) is 0 Å². The quantitative estimate of drug-likeness (QED) is 0.513. The molecule has 0 spiro atoms. The van der Waals surface area contributed by atoms with Crippen LogP contribution in [0.3, 0.4) is 0 Å². The van der Waals surface area contributed by atoms with Crippen LogP contribution in [0.5, 0.6) is 0 Å². The van der Waals surface area contributed by atoms with Crippen molar-refractivity contribution >= 4 is 0 Å². The van der Waals surface area contributed by atoms with Crippen molar-refractivity contribution in [1.29, 1.82) is 0 Å². The van der Waals surface area contributed by atoms with Gasteiger partial charge in [0.05, 0.1) is 0 Å². The van der Waals surface area contributed by atoms with E-state index in [-0.39, 0.29) is 0 Å². The largest absolute Gasteiger partial charge is 0.0819 e. The predicted octanol–water partition coefficient (Wildman–Crippen LogP) is 3.39. The Morgan fingerprint density at radius 3 is 2.40 bits per heavy atom. The monoisotopic (exact) mass is 138 g/mol. The number of allylic oxidation sites excluding steroid dienone is 2. The van der Waals surface area contributed by atoms with E-state index >= 15 is 0 Å². The SMILES string of the molecule is CC/C(C)=C\C1CC1(C)C. The highest BCUT2D eigenvalue weighted by atomic mass is 14.5. The second-order valence-corrected chi connectivity index (χ2v) is 4.17. The Balaban J connectivity index is 2.42. The molecule has 1 unspecified atom stereocenters. The van der Waals surface area contributed by atoms with Crippen LogP contribution in [-0.2, 0) is 0 Å². The van der Waals surface area contributed by atoms with E-state index in [0.717, 1.165) is 5.92 Å². The van der Waals surface area contributed by atoms with Gasteiger partial charge in [0, 0.05) is 0 Å². The van der Waals surface area contributed by atoms with Gasteiger partial charge < -0.3 is 0 Å². The van der Waals surface area contributed by atoms with Gasteiger partial charge in [-0.3, -0.25) is 0 Å². The molecule has 1 atom stereocenters. The van der Waals surface area contributed by atoms with Crippen LogP contribution in [0.15, 0.2) is 11.6 Å². The molecule has 0 radical (unpaired) electrons. The summed E-state index contributed by atoms with van der Waals surface area (Å²) in [6.45, 7) is 9.14. The minimum Gasteiger partial charge on any atom is -0.0819 e. The molecular weight excluding hydrogens is 120 g/mol. The zero-order valence-electron chi connectivity index (χ0n) is 7.57. The van der Waals surface area contributed by atoms with Gasteiger partial charge in [-0.15, -0.1) is 0 Å². The van der Waals surface area contributed by atoms with Crippen molar-refractivity contribution in [3.8, 4) is 0 Å². The predicted molar refractivity (Wildman–Crippen MR) is 45.9 cm³/mol. The van der Waals surface area contributed by atoms with E-state index in [1.54, 1.807) is 5.57 Å². The Bertz CT molecular complexity index is 151. The fourth-order valence-electron chi connectivity index (χ4n) is 1.25. The number of hydrogen-bond acceptors (Lipinski definition) is 0. The van der Waals surface area contributed by atoms with E-state index in [1.807, 2.05) is 0 Å². The van der Waals surface area contributed by atoms with Crippen LogP contribution in [0.1, 0.15) is 40.5 Å². The van der Waals surface area contributed by atoms with Gasteiger partial charge in [-0.2, -0.15) is 0 Å². The lowest BCUT2D eigenvalue weighted by atomic mass is 10.1. The second-order valence-electron chi connectivity index (χ2n) is 4.17. The smallest absolute Gasteiger partial charge is 0.0174 e. The highest BCUT2D eigenvalue weighted by Crippen LogP contribution is 2.52. The van der Waals surface area contributed by atoms with Gasteiger partial charge in [0.1, 0.15) is 0 Å². The molecule has 0 heteroatoms. The Kier molecular flexibility index (Phi) is 1.89. The van der Waals surface area contributed by atoms with Crippen LogP contribution in [0.2, 0.25) is 0 Å². The molecule has 0 bridgehead atoms. The molecule has 1 saturated carbocycles. The first kappa shape index (κ1) is 7.84. The van der Waals surface area contributed by atoms with E-state index in [0.29, 0.717) is 5.41 Å². The van der Waals surface area contributed by atoms with Gasteiger partial charge in [0.2, 0.25) is 0 Å². The molecule has 1 aliphatic rings. The summed E-state index contributed by atoms with van der Waals surface area (Å²) < 4.78 is 0. The Morgan fingerprint density at radius 1 is 1.60 bits per heavy atom. The van der Waals surface area contributed by atoms with Crippen molar-refractivity contribution in [3.63, 3.8) is 0 Å². The molecule has 1 fully saturated rings. The highest BCUT2D eigenvalue weighted by Gasteiger charge is 2.43. The van der Waals surface area contributed by atoms with Gasteiger partial charge >= 0.3 is 0 Å². The lowest BCUT2D eigenvalue weighted by molar-refractivity contribution is 0.608. The Morgan fingerprint density at radius 2 is 2.10 bits per heavy atom. The summed E-state index contributed by atoms with van der Waals surface area (Å²) in [5.41, 5.74) is 2.17. The fraction of sp³-hybridized carbons (Fsp3) is 0.800. The Labute approximate surface area is 64.3 Å². The summed E-state index contributed by atoms with van der Waals surface area (Å²) in [6, 6.07) is 0. The first-order valence-electron chi connectivity index (χ1n) is 4.23. The van der Waals surface area contributed by atoms with Crippen LogP contribution in [-0.4, -0.2) is 0 Å². The molecule has 0 saturated heterocycles. The van der Waals surface area contributed by atoms with Gasteiger partial charge in [-0.25, -0.2) is 0 Å². The van der Waals surface area contributed by atoms with Crippen molar-refractivity contribution in [3.05, 3.63) is 11.6 Å². The molecule has 0 aromatic heterocycles. The van der Waals surface area contributed by atoms with Crippen LogP contribution < -0.4 is 0 Å². The number of hydrogen-bond donors (Lipinski definition) is 0. The lowest BCUT2D eigenvalue weighted by Crippen LogP contribution is -1.87. The average Bonchev–Trinajstić information content (AvgIpc) is 2.40. The minimum absolute atomic E-state index is 0.621. The first-order chi connectivity index (χ1) is 4.56. The minimum atomic E-state index is 0.621. The fourth-order valence-corrected chi connectivity index (χ4v) is 1.25. The van der Waals surface area contributed by atoms with Crippen molar-refractivity contribution < 1.29 is 0 Å². The summed E-state index contributed by atoms with van der Waals surface area (Å²) in [4.78, 5) is 0. The average molecular weight is 138 g/mol. The summed E-state index contributed by atoms with van der Waals surface area (Å²) in [5, 5.41) is 0. The Hall–Kier alpha value is -0.260. The molecule has 10 heavy (non-hydrogen) atoms. The summed E-state index contributed by atoms with van der Waals surface area (Å²) in [7, 11) is 0. The van der Waals surface area contributed by atoms with Gasteiger partial charge in [0.15, 0.2) is 0 Å². The van der Waals surface area contributed by atoms with Crippen molar-refractivity contribution in [2.75, 3.05) is 0 Å². The molecule has 1 rings (SSSR count). The first-order valence-corrected chi connectivity index (χ1v) is 4.23. The molecule has 0 aliphatic heterocycles. The topological polar surface area (TPSA) is 0 Å². The molecule has 58 valence electrons. The standard InChI is InChI=1S/C10H18/c1-5-8(2)6-9-7-10(9,3)4/h6,9H,5,7H2,1-4H3/b8-6-. The molecule has 0 nitrogen and oxygen atoms in total. The molecule has 0 aromatic carbocycles. The third-order valence-electron chi connectivity index (χ3n) is 2.63. The highest BCUT2D eigenvalue weighted by molar-refractivity contribution is 5.12. The van der Waals surface area contributed by atoms with Crippen LogP contribution in [0.4, 0.5) is 0 Å². The van der Waals surface area contributed by atoms with E-state index < -0.39 is 0 Å². The third-order valence-corrected chi connectivity index (χ3v) is 2.63. The van der Waals surface area contributed by atoms with Gasteiger partial charge in [-0.05, 0) is 31.1 Å². The van der Waals surface area contributed by atoms with E-state index in [2.05, 4.69) is 33.8 Å². The molecule has 0 aromatic rings. The molecule has 0 amide bonds. The second kappa shape index (κ2) is 2.41. The van der Waals surface area contributed by atoms with E-state index in [1.165, 1.54) is 12.8 Å².